The Kier molecular flexibility index (Phi) is 12.6. The van der Waals surface area contributed by atoms with Crippen molar-refractivity contribution in [3.8, 4) is 22.3 Å². The number of rotatable bonds is 8. The SMILES string of the molecule is CC(C)c1cccc(C(C)C)c1N1C=CN(c2c(C(C)C)cccc2C(C)C)[CH-]1.[Au].c1ccc(-c2ccc3[n-]c4ccc(-c5ccccc5)cc4c3c2)cc1. The third kappa shape index (κ3) is 8.40. The van der Waals surface area contributed by atoms with E-state index in [1.165, 1.54) is 66.7 Å². The van der Waals surface area contributed by atoms with Crippen LogP contribution in [0, 0.1) is 6.67 Å². The maximum Gasteiger partial charge on any atom is 0.0195 e. The van der Waals surface area contributed by atoms with Crippen molar-refractivity contribution in [2.24, 2.45) is 0 Å². The van der Waals surface area contributed by atoms with E-state index in [4.69, 9.17) is 4.98 Å². The number of para-hydroxylation sites is 2. The maximum atomic E-state index is 4.78. The fourth-order valence-electron chi connectivity index (χ4n) is 7.69. The molecule has 0 saturated carbocycles. The van der Waals surface area contributed by atoms with Gasteiger partial charge in [-0.3, -0.25) is 0 Å². The van der Waals surface area contributed by atoms with Gasteiger partial charge in [0.25, 0.3) is 0 Å². The Hall–Kier alpha value is -4.80. The van der Waals surface area contributed by atoms with Crippen LogP contribution in [0.5, 0.6) is 0 Å². The van der Waals surface area contributed by atoms with Crippen molar-refractivity contribution in [2.75, 3.05) is 9.80 Å². The number of aromatic nitrogens is 1. The molecule has 55 heavy (non-hydrogen) atoms. The standard InChI is InChI=1S/C27H37N2.C24H16N.Au/c1-18(2)22-11-9-12-23(19(3)4)26(22)28-15-16-29(17-28)27-24(20(5)6)13-10-14-25(27)21(7)8;1-3-7-17(8-4-1)19-11-13-23-21(15-19)22-16-20(12-14-24(22)25-23)18-9-5-2-6-10-18;/h9-21H,1-8H3;1-16H;/q2*-1;. The van der Waals surface area contributed by atoms with Crippen molar-refractivity contribution in [1.29, 1.82) is 0 Å². The van der Waals surface area contributed by atoms with Crippen molar-refractivity contribution >= 4 is 33.2 Å². The predicted molar refractivity (Wildman–Crippen MR) is 233 cm³/mol. The Morgan fingerprint density at radius 1 is 0.400 bits per heavy atom. The first-order valence-corrected chi connectivity index (χ1v) is 19.6. The van der Waals surface area contributed by atoms with Crippen LogP contribution in [0.2, 0.25) is 0 Å². The Balaban J connectivity index is 0.000000185. The normalized spacial score (nSPS) is 12.7. The van der Waals surface area contributed by atoms with Gasteiger partial charge in [0.2, 0.25) is 0 Å². The van der Waals surface area contributed by atoms with Gasteiger partial charge in [0, 0.05) is 33.8 Å². The second-order valence-corrected chi connectivity index (χ2v) is 15.7. The zero-order chi connectivity index (χ0) is 37.9. The molecule has 1 radical (unpaired) electrons. The molecule has 0 N–H and O–H groups in total. The third-order valence-corrected chi connectivity index (χ3v) is 10.6. The molecule has 0 bridgehead atoms. The summed E-state index contributed by atoms with van der Waals surface area (Å²) in [5, 5.41) is 2.43. The van der Waals surface area contributed by atoms with Crippen LogP contribution in [-0.4, -0.2) is 0 Å². The summed E-state index contributed by atoms with van der Waals surface area (Å²) < 4.78 is 0. The van der Waals surface area contributed by atoms with Crippen LogP contribution in [0.4, 0.5) is 11.4 Å². The van der Waals surface area contributed by atoms with E-state index in [2.05, 4.69) is 206 Å². The summed E-state index contributed by atoms with van der Waals surface area (Å²) in [5.74, 6) is 1.92. The number of anilines is 2. The summed E-state index contributed by atoms with van der Waals surface area (Å²) >= 11 is 0. The molecule has 1 aliphatic heterocycles. The fraction of sp³-hybridized carbons (Fsp3) is 0.235. The van der Waals surface area contributed by atoms with Crippen LogP contribution in [-0.2, 0) is 22.4 Å². The largest absolute Gasteiger partial charge is 0.657 e. The molecule has 3 nitrogen and oxygen atoms in total. The van der Waals surface area contributed by atoms with Gasteiger partial charge in [0.1, 0.15) is 0 Å². The third-order valence-electron chi connectivity index (χ3n) is 10.6. The molecule has 6 aromatic carbocycles. The van der Waals surface area contributed by atoms with Crippen molar-refractivity contribution in [1.82, 2.24) is 4.98 Å². The van der Waals surface area contributed by atoms with Gasteiger partial charge in [0.15, 0.2) is 0 Å². The fourth-order valence-corrected chi connectivity index (χ4v) is 7.69. The molecule has 285 valence electrons. The Bertz CT molecular complexity index is 2170. The minimum Gasteiger partial charge on any atom is -0.657 e. The number of benzene rings is 6. The van der Waals surface area contributed by atoms with Crippen molar-refractivity contribution < 1.29 is 22.4 Å². The minimum atomic E-state index is 0. The first kappa shape index (κ1) is 39.9. The topological polar surface area (TPSA) is 20.6 Å². The molecular weight excluding hydrogens is 852 g/mol. The summed E-state index contributed by atoms with van der Waals surface area (Å²) in [7, 11) is 0. The van der Waals surface area contributed by atoms with Crippen LogP contribution in [0.3, 0.4) is 0 Å². The second kappa shape index (κ2) is 17.3. The zero-order valence-electron chi connectivity index (χ0n) is 33.4. The van der Waals surface area contributed by atoms with Gasteiger partial charge in [0.05, 0.1) is 0 Å². The quantitative estimate of drug-likeness (QED) is 0.112. The van der Waals surface area contributed by atoms with Gasteiger partial charge in [-0.15, -0.1) is 17.7 Å². The summed E-state index contributed by atoms with van der Waals surface area (Å²) in [4.78, 5) is 9.44. The first-order valence-electron chi connectivity index (χ1n) is 19.6. The van der Waals surface area contributed by atoms with E-state index in [0.29, 0.717) is 23.7 Å². The average molecular weight is 905 g/mol. The van der Waals surface area contributed by atoms with Crippen molar-refractivity contribution in [3.63, 3.8) is 0 Å². The van der Waals surface area contributed by atoms with Crippen LogP contribution in [0.15, 0.2) is 146 Å². The van der Waals surface area contributed by atoms with Gasteiger partial charge in [-0.2, -0.15) is 0 Å². The molecule has 1 aliphatic rings. The Labute approximate surface area is 344 Å². The number of nitrogens with zero attached hydrogens (tertiary/aromatic N) is 3. The van der Waals surface area contributed by atoms with Crippen LogP contribution in [0.25, 0.3) is 44.1 Å². The van der Waals surface area contributed by atoms with E-state index >= 15 is 0 Å². The van der Waals surface area contributed by atoms with E-state index in [-0.39, 0.29) is 22.4 Å². The molecule has 1 aromatic heterocycles. The van der Waals surface area contributed by atoms with Crippen molar-refractivity contribution in [2.45, 2.75) is 79.1 Å². The molecule has 0 saturated heterocycles. The van der Waals surface area contributed by atoms with Crippen LogP contribution in [0.1, 0.15) is 101 Å². The molecule has 2 heterocycles. The van der Waals surface area contributed by atoms with E-state index in [1.54, 1.807) is 0 Å². The first-order chi connectivity index (χ1) is 26.1. The summed E-state index contributed by atoms with van der Waals surface area (Å²) in [6.45, 7) is 20.5. The smallest absolute Gasteiger partial charge is 0.0195 e. The molecule has 0 amide bonds. The summed E-state index contributed by atoms with van der Waals surface area (Å²) in [6, 6.07) is 47.6. The molecule has 0 atom stereocenters. The maximum absolute atomic E-state index is 4.78. The molecule has 4 heteroatoms. The van der Waals surface area contributed by atoms with Crippen LogP contribution < -0.4 is 14.8 Å². The van der Waals surface area contributed by atoms with Crippen LogP contribution >= 0.6 is 0 Å². The van der Waals surface area contributed by atoms with E-state index in [1.807, 2.05) is 12.1 Å². The summed E-state index contributed by atoms with van der Waals surface area (Å²) in [6.07, 6.45) is 4.43. The number of hydrogen-bond donors (Lipinski definition) is 0. The Morgan fingerprint density at radius 2 is 0.745 bits per heavy atom. The minimum absolute atomic E-state index is 0. The number of hydrogen-bond acceptors (Lipinski definition) is 2. The van der Waals surface area contributed by atoms with E-state index in [9.17, 15) is 0 Å². The molecule has 0 spiro atoms. The molecule has 8 rings (SSSR count). The van der Waals surface area contributed by atoms with Gasteiger partial charge in [-0.1, -0.05) is 177 Å². The molecule has 0 aliphatic carbocycles. The predicted octanol–water partition coefficient (Wildman–Crippen LogP) is 14.4. The van der Waals surface area contributed by atoms with E-state index in [0.717, 1.165) is 11.0 Å². The molecular formula is C51H53AuN3-2. The van der Waals surface area contributed by atoms with Gasteiger partial charge in [-0.05, 0) is 103 Å². The average Bonchev–Trinajstić information content (AvgIpc) is 3.83. The molecule has 0 fully saturated rings. The van der Waals surface area contributed by atoms with Gasteiger partial charge >= 0.3 is 0 Å². The number of fused-ring (bicyclic) bond motifs is 3. The van der Waals surface area contributed by atoms with Gasteiger partial charge in [-0.25, -0.2) is 0 Å². The molecule has 7 aromatic rings. The Morgan fingerprint density at radius 3 is 1.07 bits per heavy atom. The summed E-state index contributed by atoms with van der Waals surface area (Å²) in [5.41, 5.74) is 15.3. The van der Waals surface area contributed by atoms with Gasteiger partial charge < -0.3 is 14.8 Å². The second-order valence-electron chi connectivity index (χ2n) is 15.7. The monoisotopic (exact) mass is 904 g/mol. The van der Waals surface area contributed by atoms with Crippen molar-refractivity contribution in [3.05, 3.63) is 175 Å². The van der Waals surface area contributed by atoms with E-state index < -0.39 is 0 Å². The zero-order valence-corrected chi connectivity index (χ0v) is 35.6. The molecule has 0 unspecified atom stereocenters.